The number of anilines is 1. The van der Waals surface area contributed by atoms with Crippen molar-refractivity contribution in [1.29, 1.82) is 0 Å². The maximum absolute atomic E-state index is 12.8. The lowest BCUT2D eigenvalue weighted by atomic mass is 9.89. The van der Waals surface area contributed by atoms with Crippen LogP contribution in [0.2, 0.25) is 0 Å². The maximum Gasteiger partial charge on any atom is 0.255 e. The van der Waals surface area contributed by atoms with Crippen LogP contribution in [0.4, 0.5) is 5.69 Å². The van der Waals surface area contributed by atoms with Crippen LogP contribution >= 0.6 is 0 Å². The van der Waals surface area contributed by atoms with Crippen molar-refractivity contribution in [2.24, 2.45) is 0 Å². The molecule has 146 valence electrons. The van der Waals surface area contributed by atoms with Crippen LogP contribution in [0.1, 0.15) is 34.7 Å². The summed E-state index contributed by atoms with van der Waals surface area (Å²) in [6.07, 6.45) is 4.50. The molecule has 0 bridgehead atoms. The average Bonchev–Trinajstić information content (AvgIpc) is 3.17. The van der Waals surface area contributed by atoms with Crippen LogP contribution in [0.5, 0.6) is 0 Å². The Morgan fingerprint density at radius 1 is 1.00 bits per heavy atom. The predicted molar refractivity (Wildman–Crippen MR) is 120 cm³/mol. The second kappa shape index (κ2) is 7.37. The lowest BCUT2D eigenvalue weighted by molar-refractivity contribution is 0.102. The fourth-order valence-electron chi connectivity index (χ4n) is 4.41. The maximum atomic E-state index is 12.8. The molecule has 2 N–H and O–H groups in total. The highest BCUT2D eigenvalue weighted by Gasteiger charge is 2.21. The van der Waals surface area contributed by atoms with E-state index in [1.54, 1.807) is 0 Å². The Morgan fingerprint density at radius 3 is 2.62 bits per heavy atom. The first-order valence-electron chi connectivity index (χ1n) is 10.3. The predicted octanol–water partition coefficient (Wildman–Crippen LogP) is 5.38. The van der Waals surface area contributed by atoms with E-state index in [-0.39, 0.29) is 5.91 Å². The van der Waals surface area contributed by atoms with Crippen molar-refractivity contribution in [2.75, 3.05) is 25.5 Å². The number of hydrogen-bond donors (Lipinski definition) is 2. The molecule has 0 saturated carbocycles. The Bertz CT molecular complexity index is 1190. The number of aromatic nitrogens is 1. The molecule has 4 aromatic rings. The zero-order chi connectivity index (χ0) is 19.8. The summed E-state index contributed by atoms with van der Waals surface area (Å²) in [7, 11) is 2.19. The van der Waals surface area contributed by atoms with Gasteiger partial charge in [-0.05, 0) is 85.6 Å². The number of rotatable bonds is 3. The van der Waals surface area contributed by atoms with Crippen LogP contribution in [-0.2, 0) is 0 Å². The van der Waals surface area contributed by atoms with Crippen LogP contribution in [0.15, 0.2) is 66.9 Å². The van der Waals surface area contributed by atoms with Gasteiger partial charge in [-0.3, -0.25) is 4.79 Å². The fraction of sp³-hybridized carbons (Fsp3) is 0.240. The van der Waals surface area contributed by atoms with Gasteiger partial charge in [0, 0.05) is 28.4 Å². The molecule has 0 atom stereocenters. The van der Waals surface area contributed by atoms with E-state index in [9.17, 15) is 4.79 Å². The molecule has 2 heterocycles. The second-order valence-corrected chi connectivity index (χ2v) is 8.10. The van der Waals surface area contributed by atoms with E-state index in [0.717, 1.165) is 35.1 Å². The standard InChI is InChI=1S/C25H25N3O/c1-28-12-10-18(11-13-28)23-16-26-24-9-8-21(15-22(23)24)27-25(29)20-7-6-17-4-2-3-5-19(17)14-20/h2-9,14-16,18,26H,10-13H2,1H3,(H,27,29). The van der Waals surface area contributed by atoms with Gasteiger partial charge < -0.3 is 15.2 Å². The van der Waals surface area contributed by atoms with Crippen LogP contribution in [0, 0.1) is 0 Å². The van der Waals surface area contributed by atoms with Crippen molar-refractivity contribution >= 4 is 33.3 Å². The Balaban J connectivity index is 1.41. The monoisotopic (exact) mass is 383 g/mol. The van der Waals surface area contributed by atoms with E-state index in [1.165, 1.54) is 23.8 Å². The van der Waals surface area contributed by atoms with Gasteiger partial charge in [0.1, 0.15) is 0 Å². The molecule has 1 aliphatic heterocycles. The minimum Gasteiger partial charge on any atom is -0.361 e. The van der Waals surface area contributed by atoms with Crippen molar-refractivity contribution in [3.05, 3.63) is 78.0 Å². The molecule has 0 spiro atoms. The minimum atomic E-state index is -0.0773. The molecule has 1 amide bonds. The summed E-state index contributed by atoms with van der Waals surface area (Å²) in [4.78, 5) is 18.6. The summed E-state index contributed by atoms with van der Waals surface area (Å²) in [5, 5.41) is 6.51. The van der Waals surface area contributed by atoms with E-state index < -0.39 is 0 Å². The van der Waals surface area contributed by atoms with Crippen molar-refractivity contribution in [1.82, 2.24) is 9.88 Å². The third kappa shape index (κ3) is 3.52. The van der Waals surface area contributed by atoms with Crippen LogP contribution < -0.4 is 5.32 Å². The molecule has 3 aromatic carbocycles. The molecule has 5 rings (SSSR count). The molecule has 4 heteroatoms. The number of hydrogen-bond acceptors (Lipinski definition) is 2. The third-order valence-electron chi connectivity index (χ3n) is 6.14. The van der Waals surface area contributed by atoms with Crippen LogP contribution in [0.25, 0.3) is 21.7 Å². The van der Waals surface area contributed by atoms with E-state index >= 15 is 0 Å². The molecule has 4 nitrogen and oxygen atoms in total. The lowest BCUT2D eigenvalue weighted by Crippen LogP contribution is -2.29. The first-order chi connectivity index (χ1) is 14.2. The average molecular weight is 383 g/mol. The zero-order valence-electron chi connectivity index (χ0n) is 16.6. The number of nitrogens with one attached hydrogen (secondary N) is 2. The summed E-state index contributed by atoms with van der Waals surface area (Å²) in [6.45, 7) is 2.27. The Hall–Kier alpha value is -3.11. The third-order valence-corrected chi connectivity index (χ3v) is 6.14. The second-order valence-electron chi connectivity index (χ2n) is 8.10. The number of aromatic amines is 1. The molecule has 0 aliphatic carbocycles. The number of carbonyl (C=O) groups excluding carboxylic acids is 1. The van der Waals surface area contributed by atoms with Crippen molar-refractivity contribution in [3.63, 3.8) is 0 Å². The zero-order valence-corrected chi connectivity index (χ0v) is 16.6. The first kappa shape index (κ1) is 18.0. The normalized spacial score (nSPS) is 15.8. The Labute approximate surface area is 170 Å². The molecule has 1 saturated heterocycles. The number of piperidine rings is 1. The Kier molecular flexibility index (Phi) is 4.57. The van der Waals surface area contributed by atoms with Crippen molar-refractivity contribution < 1.29 is 4.79 Å². The minimum absolute atomic E-state index is 0.0773. The number of benzene rings is 3. The van der Waals surface area contributed by atoms with Crippen molar-refractivity contribution in [3.8, 4) is 0 Å². The first-order valence-corrected chi connectivity index (χ1v) is 10.3. The van der Waals surface area contributed by atoms with Gasteiger partial charge >= 0.3 is 0 Å². The van der Waals surface area contributed by atoms with E-state index in [1.807, 2.05) is 42.5 Å². The number of H-pyrrole nitrogens is 1. The van der Waals surface area contributed by atoms with Gasteiger partial charge in [-0.1, -0.05) is 30.3 Å². The van der Waals surface area contributed by atoms with Gasteiger partial charge in [0.2, 0.25) is 0 Å². The fourth-order valence-corrected chi connectivity index (χ4v) is 4.41. The molecule has 29 heavy (non-hydrogen) atoms. The number of fused-ring (bicyclic) bond motifs is 2. The number of nitrogens with zero attached hydrogens (tertiary/aromatic N) is 1. The van der Waals surface area contributed by atoms with E-state index in [4.69, 9.17) is 0 Å². The summed E-state index contributed by atoms with van der Waals surface area (Å²) >= 11 is 0. The Morgan fingerprint density at radius 2 is 1.79 bits per heavy atom. The molecule has 0 radical (unpaired) electrons. The van der Waals surface area contributed by atoms with Gasteiger partial charge in [0.05, 0.1) is 0 Å². The molecule has 1 fully saturated rings. The highest BCUT2D eigenvalue weighted by atomic mass is 16.1. The summed E-state index contributed by atoms with van der Waals surface area (Å²) in [5.41, 5.74) is 4.01. The van der Waals surface area contributed by atoms with Gasteiger partial charge in [-0.15, -0.1) is 0 Å². The van der Waals surface area contributed by atoms with Crippen LogP contribution in [0.3, 0.4) is 0 Å². The topological polar surface area (TPSA) is 48.1 Å². The largest absolute Gasteiger partial charge is 0.361 e. The van der Waals surface area contributed by atoms with Crippen LogP contribution in [-0.4, -0.2) is 35.9 Å². The summed E-state index contributed by atoms with van der Waals surface area (Å²) < 4.78 is 0. The SMILES string of the molecule is CN1CCC(c2c[nH]c3ccc(NC(=O)c4ccc5ccccc5c4)cc23)CC1. The number of likely N-dealkylation sites (tertiary alicyclic amines) is 1. The van der Waals surface area contributed by atoms with Gasteiger partial charge in [0.15, 0.2) is 0 Å². The molecule has 0 unspecified atom stereocenters. The highest BCUT2D eigenvalue weighted by Crippen LogP contribution is 2.34. The van der Waals surface area contributed by atoms with Gasteiger partial charge in [0.25, 0.3) is 5.91 Å². The van der Waals surface area contributed by atoms with E-state index in [0.29, 0.717) is 11.5 Å². The molecular weight excluding hydrogens is 358 g/mol. The van der Waals surface area contributed by atoms with E-state index in [2.05, 4.69) is 46.6 Å². The van der Waals surface area contributed by atoms with Crippen molar-refractivity contribution in [2.45, 2.75) is 18.8 Å². The summed E-state index contributed by atoms with van der Waals surface area (Å²) in [6, 6.07) is 20.1. The number of amides is 1. The van der Waals surface area contributed by atoms with Gasteiger partial charge in [-0.25, -0.2) is 0 Å². The van der Waals surface area contributed by atoms with Gasteiger partial charge in [-0.2, -0.15) is 0 Å². The highest BCUT2D eigenvalue weighted by molar-refractivity contribution is 6.07. The quantitative estimate of drug-likeness (QED) is 0.499. The molecular formula is C25H25N3O. The smallest absolute Gasteiger partial charge is 0.255 e. The number of carbonyl (C=O) groups is 1. The molecule has 1 aliphatic rings. The molecule has 1 aromatic heterocycles. The summed E-state index contributed by atoms with van der Waals surface area (Å²) in [5.74, 6) is 0.498. The lowest BCUT2D eigenvalue weighted by Gasteiger charge is -2.28.